The van der Waals surface area contributed by atoms with Gasteiger partial charge in [-0.3, -0.25) is 4.79 Å². The smallest absolute Gasteiger partial charge is 0.282 e. The summed E-state index contributed by atoms with van der Waals surface area (Å²) in [6, 6.07) is 10.3. The quantitative estimate of drug-likeness (QED) is 0.729. The second-order valence-electron chi connectivity index (χ2n) is 7.14. The summed E-state index contributed by atoms with van der Waals surface area (Å²) in [7, 11) is -4.02. The first-order valence-electron chi connectivity index (χ1n) is 9.46. The Morgan fingerprint density at radius 3 is 2.52 bits per heavy atom. The molecule has 0 aliphatic carbocycles. The number of amides is 1. The molecule has 1 aliphatic heterocycles. The van der Waals surface area contributed by atoms with Crippen LogP contribution in [0.4, 0.5) is 10.1 Å². The van der Waals surface area contributed by atoms with E-state index in [0.29, 0.717) is 11.3 Å². The number of aryl methyl sites for hydroxylation is 1. The molecule has 1 heterocycles. The summed E-state index contributed by atoms with van der Waals surface area (Å²) in [5.41, 5.74) is 1.62. The van der Waals surface area contributed by atoms with Gasteiger partial charge in [-0.15, -0.1) is 0 Å². The number of benzene rings is 2. The summed E-state index contributed by atoms with van der Waals surface area (Å²) in [6.07, 6.45) is 1.65. The van der Waals surface area contributed by atoms with E-state index in [2.05, 4.69) is 15.0 Å². The number of carbonyl (C=O) groups excluding carboxylic acids is 1. The van der Waals surface area contributed by atoms with Crippen LogP contribution in [0, 0.1) is 18.7 Å². The van der Waals surface area contributed by atoms with Gasteiger partial charge in [-0.1, -0.05) is 18.2 Å². The molecule has 2 aromatic rings. The minimum absolute atomic E-state index is 0.0868. The molecular formula is C21H24FN3O3S. The van der Waals surface area contributed by atoms with Crippen molar-refractivity contribution < 1.29 is 17.6 Å². The molecule has 6 nitrogen and oxygen atoms in total. The van der Waals surface area contributed by atoms with Crippen molar-refractivity contribution in [3.8, 4) is 0 Å². The lowest BCUT2D eigenvalue weighted by atomic mass is 9.94. The number of sulfonamides is 1. The van der Waals surface area contributed by atoms with Crippen LogP contribution in [-0.2, 0) is 10.0 Å². The van der Waals surface area contributed by atoms with Crippen molar-refractivity contribution in [1.82, 2.24) is 5.32 Å². The summed E-state index contributed by atoms with van der Waals surface area (Å²) in [5, 5.41) is 5.71. The highest BCUT2D eigenvalue weighted by Gasteiger charge is 2.21. The molecule has 0 bridgehead atoms. The first kappa shape index (κ1) is 21.1. The highest BCUT2D eigenvalue weighted by atomic mass is 32.2. The highest BCUT2D eigenvalue weighted by Crippen LogP contribution is 2.23. The van der Waals surface area contributed by atoms with Crippen molar-refractivity contribution in [2.24, 2.45) is 10.3 Å². The topological polar surface area (TPSA) is 87.6 Å². The molecule has 1 amide bonds. The van der Waals surface area contributed by atoms with Crippen molar-refractivity contribution >= 4 is 27.3 Å². The van der Waals surface area contributed by atoms with Crippen molar-refractivity contribution in [3.63, 3.8) is 0 Å². The lowest BCUT2D eigenvalue weighted by Gasteiger charge is -2.22. The normalized spacial score (nSPS) is 15.9. The zero-order chi connectivity index (χ0) is 21.0. The van der Waals surface area contributed by atoms with Crippen LogP contribution in [0.1, 0.15) is 35.7 Å². The van der Waals surface area contributed by atoms with Gasteiger partial charge in [-0.2, -0.15) is 12.8 Å². The van der Waals surface area contributed by atoms with Crippen LogP contribution < -0.4 is 10.6 Å². The molecule has 8 heteroatoms. The third kappa shape index (κ3) is 5.07. The van der Waals surface area contributed by atoms with Crippen LogP contribution in [0.25, 0.3) is 0 Å². The van der Waals surface area contributed by atoms with Crippen LogP contribution in [0.3, 0.4) is 0 Å². The number of nitrogens with one attached hydrogen (secondary N) is 2. The Morgan fingerprint density at radius 2 is 1.86 bits per heavy atom. The second-order valence-corrected chi connectivity index (χ2v) is 8.75. The number of hydrogen-bond acceptors (Lipinski definition) is 4. The molecule has 0 radical (unpaired) electrons. The van der Waals surface area contributed by atoms with E-state index in [9.17, 15) is 17.6 Å². The maximum Gasteiger partial charge on any atom is 0.282 e. The molecule has 0 spiro atoms. The molecule has 1 aliphatic rings. The van der Waals surface area contributed by atoms with Crippen molar-refractivity contribution in [3.05, 3.63) is 59.4 Å². The summed E-state index contributed by atoms with van der Waals surface area (Å²) in [4.78, 5) is 12.1. The van der Waals surface area contributed by atoms with E-state index in [1.807, 2.05) is 0 Å². The largest absolute Gasteiger partial charge is 0.319 e. The number of halogens is 1. The molecule has 3 rings (SSSR count). The van der Waals surface area contributed by atoms with Crippen molar-refractivity contribution in [1.29, 1.82) is 0 Å². The molecule has 0 aromatic heterocycles. The van der Waals surface area contributed by atoms with Gasteiger partial charge >= 0.3 is 0 Å². The van der Waals surface area contributed by atoms with Crippen molar-refractivity contribution in [2.75, 3.05) is 18.4 Å². The van der Waals surface area contributed by atoms with Gasteiger partial charge in [0.25, 0.3) is 15.9 Å². The van der Waals surface area contributed by atoms with Crippen LogP contribution in [0.5, 0.6) is 0 Å². The zero-order valence-corrected chi connectivity index (χ0v) is 17.2. The molecule has 2 aromatic carbocycles. The first-order valence-corrected chi connectivity index (χ1v) is 10.9. The fourth-order valence-electron chi connectivity index (χ4n) is 3.33. The number of piperidine rings is 1. The first-order chi connectivity index (χ1) is 13.8. The second kappa shape index (κ2) is 8.84. The molecule has 29 heavy (non-hydrogen) atoms. The average molecular weight is 418 g/mol. The van der Waals surface area contributed by atoms with E-state index in [1.165, 1.54) is 12.1 Å². The Hall–Kier alpha value is -2.58. The molecule has 0 saturated carbocycles. The minimum Gasteiger partial charge on any atom is -0.319 e. The van der Waals surface area contributed by atoms with Gasteiger partial charge in [0.05, 0.1) is 10.6 Å². The van der Waals surface area contributed by atoms with Gasteiger partial charge in [-0.05, 0) is 69.6 Å². The van der Waals surface area contributed by atoms with E-state index in [0.717, 1.165) is 37.6 Å². The number of anilines is 1. The summed E-state index contributed by atoms with van der Waals surface area (Å²) in [5.74, 6) is -1.19. The highest BCUT2D eigenvalue weighted by molar-refractivity contribution is 7.90. The summed E-state index contributed by atoms with van der Waals surface area (Å²) in [6.45, 7) is 5.12. The lowest BCUT2D eigenvalue weighted by Crippen LogP contribution is -2.31. The molecule has 154 valence electrons. The van der Waals surface area contributed by atoms with Crippen LogP contribution in [0.2, 0.25) is 0 Å². The summed E-state index contributed by atoms with van der Waals surface area (Å²) >= 11 is 0. The Balaban J connectivity index is 1.79. The number of carbonyl (C=O) groups is 1. The average Bonchev–Trinajstić information content (AvgIpc) is 2.70. The third-order valence-electron chi connectivity index (χ3n) is 5.07. The van der Waals surface area contributed by atoms with Crippen LogP contribution in [-0.4, -0.2) is 33.1 Å². The molecule has 1 fully saturated rings. The van der Waals surface area contributed by atoms with E-state index in [4.69, 9.17) is 0 Å². The van der Waals surface area contributed by atoms with E-state index < -0.39 is 21.7 Å². The van der Waals surface area contributed by atoms with Gasteiger partial charge in [0, 0.05) is 17.2 Å². The molecule has 1 saturated heterocycles. The molecule has 0 unspecified atom stereocenters. The predicted octanol–water partition coefficient (Wildman–Crippen LogP) is 3.54. The standard InChI is InChI=1S/C21H24FN3O3S/c1-14-5-3-4-6-18(14)21(26)24-20-8-7-17(13-19(20)22)29(27,28)25-15(2)16-9-11-23-12-10-16/h3-8,13,16,23H,9-12H2,1-2H3,(H,24,26). The Bertz CT molecular complexity index is 1040. The lowest BCUT2D eigenvalue weighted by molar-refractivity contribution is 0.102. The minimum atomic E-state index is -4.02. The monoisotopic (exact) mass is 417 g/mol. The molecular weight excluding hydrogens is 393 g/mol. The van der Waals surface area contributed by atoms with Gasteiger partial charge in [0.1, 0.15) is 5.82 Å². The van der Waals surface area contributed by atoms with Crippen molar-refractivity contribution in [2.45, 2.75) is 31.6 Å². The van der Waals surface area contributed by atoms with Gasteiger partial charge < -0.3 is 10.6 Å². The fraction of sp³-hybridized carbons (Fsp3) is 0.333. The number of nitrogens with zero attached hydrogens (tertiary/aromatic N) is 1. The van der Waals surface area contributed by atoms with Crippen LogP contribution in [0.15, 0.2) is 51.8 Å². The maximum atomic E-state index is 14.5. The SMILES string of the molecule is CC(=NS(=O)(=O)c1ccc(NC(=O)c2ccccc2C)c(F)c1)C1CCNCC1. The number of hydrogen-bond donors (Lipinski definition) is 2. The zero-order valence-electron chi connectivity index (χ0n) is 16.4. The van der Waals surface area contributed by atoms with E-state index in [1.54, 1.807) is 38.1 Å². The molecule has 0 atom stereocenters. The maximum absolute atomic E-state index is 14.5. The Morgan fingerprint density at radius 1 is 1.17 bits per heavy atom. The fourth-order valence-corrected chi connectivity index (χ4v) is 4.46. The Labute approximate surface area is 170 Å². The Kier molecular flexibility index (Phi) is 6.44. The van der Waals surface area contributed by atoms with Crippen LogP contribution >= 0.6 is 0 Å². The van der Waals surface area contributed by atoms with Gasteiger partial charge in [0.2, 0.25) is 0 Å². The number of rotatable bonds is 5. The third-order valence-corrected chi connectivity index (χ3v) is 6.45. The molecule has 2 N–H and O–H groups in total. The van der Waals surface area contributed by atoms with E-state index >= 15 is 0 Å². The predicted molar refractivity (Wildman–Crippen MR) is 111 cm³/mol. The summed E-state index contributed by atoms with van der Waals surface area (Å²) < 4.78 is 43.6. The van der Waals surface area contributed by atoms with E-state index in [-0.39, 0.29) is 16.5 Å². The van der Waals surface area contributed by atoms with Gasteiger partial charge in [0.15, 0.2) is 0 Å². The van der Waals surface area contributed by atoms with Gasteiger partial charge in [-0.25, -0.2) is 4.39 Å².